The van der Waals surface area contributed by atoms with Crippen LogP contribution in [0.1, 0.15) is 20.3 Å². The van der Waals surface area contributed by atoms with E-state index in [0.717, 1.165) is 0 Å². The molecule has 1 saturated heterocycles. The Kier molecular flexibility index (Phi) is 3.69. The highest BCUT2D eigenvalue weighted by atomic mass is 16.5. The number of ether oxygens (including phenoxy) is 2. The molecule has 0 amide bonds. The minimum Gasteiger partial charge on any atom is -0.481 e. The van der Waals surface area contributed by atoms with E-state index in [-0.39, 0.29) is 18.1 Å². The molecule has 0 aromatic heterocycles. The van der Waals surface area contributed by atoms with Gasteiger partial charge in [-0.3, -0.25) is 4.79 Å². The summed E-state index contributed by atoms with van der Waals surface area (Å²) in [6.45, 7) is 4.86. The molecule has 4 nitrogen and oxygen atoms in total. The van der Waals surface area contributed by atoms with Crippen molar-refractivity contribution in [3.63, 3.8) is 0 Å². The van der Waals surface area contributed by atoms with Gasteiger partial charge in [-0.25, -0.2) is 0 Å². The van der Waals surface area contributed by atoms with E-state index < -0.39 is 5.97 Å². The summed E-state index contributed by atoms with van der Waals surface area (Å²) in [6.07, 6.45) is 0.329. The smallest absolute Gasteiger partial charge is 0.309 e. The SMILES string of the molecule is CCOCC1CC(C(=O)O)C(C)O1. The van der Waals surface area contributed by atoms with Crippen LogP contribution in [0.2, 0.25) is 0 Å². The van der Waals surface area contributed by atoms with Crippen molar-refractivity contribution in [1.29, 1.82) is 0 Å². The van der Waals surface area contributed by atoms with Crippen LogP contribution in [0.4, 0.5) is 0 Å². The maximum absolute atomic E-state index is 10.7. The maximum atomic E-state index is 10.7. The molecule has 1 N–H and O–H groups in total. The molecule has 0 radical (unpaired) electrons. The third-order valence-electron chi connectivity index (χ3n) is 2.32. The Hall–Kier alpha value is -0.610. The molecule has 0 aromatic carbocycles. The van der Waals surface area contributed by atoms with E-state index in [0.29, 0.717) is 19.6 Å². The summed E-state index contributed by atoms with van der Waals surface area (Å²) < 4.78 is 10.6. The fourth-order valence-corrected chi connectivity index (χ4v) is 1.59. The zero-order valence-corrected chi connectivity index (χ0v) is 8.03. The van der Waals surface area contributed by atoms with E-state index in [9.17, 15) is 4.79 Å². The van der Waals surface area contributed by atoms with Crippen LogP contribution in [0.5, 0.6) is 0 Å². The molecule has 0 bridgehead atoms. The summed E-state index contributed by atoms with van der Waals surface area (Å²) in [5, 5.41) is 8.81. The van der Waals surface area contributed by atoms with Crippen LogP contribution in [-0.2, 0) is 14.3 Å². The molecule has 0 spiro atoms. The third kappa shape index (κ3) is 2.67. The number of carboxylic acid groups (broad SMARTS) is 1. The fraction of sp³-hybridized carbons (Fsp3) is 0.889. The van der Waals surface area contributed by atoms with E-state index in [4.69, 9.17) is 14.6 Å². The van der Waals surface area contributed by atoms with E-state index in [1.165, 1.54) is 0 Å². The third-order valence-corrected chi connectivity index (χ3v) is 2.32. The summed E-state index contributed by atoms with van der Waals surface area (Å²) in [5.41, 5.74) is 0. The molecule has 0 aromatic rings. The lowest BCUT2D eigenvalue weighted by Crippen LogP contribution is -2.20. The largest absolute Gasteiger partial charge is 0.481 e. The van der Waals surface area contributed by atoms with Gasteiger partial charge in [0.05, 0.1) is 24.7 Å². The van der Waals surface area contributed by atoms with Gasteiger partial charge < -0.3 is 14.6 Å². The van der Waals surface area contributed by atoms with Gasteiger partial charge in [0.25, 0.3) is 0 Å². The lowest BCUT2D eigenvalue weighted by Gasteiger charge is -2.09. The average Bonchev–Trinajstić information content (AvgIpc) is 2.43. The molecule has 1 aliphatic rings. The molecule has 0 saturated carbocycles. The fourth-order valence-electron chi connectivity index (χ4n) is 1.59. The second kappa shape index (κ2) is 4.58. The summed E-state index contributed by atoms with van der Waals surface area (Å²) in [6, 6.07) is 0. The predicted molar refractivity (Wildman–Crippen MR) is 46.6 cm³/mol. The van der Waals surface area contributed by atoms with Gasteiger partial charge in [-0.1, -0.05) is 0 Å². The van der Waals surface area contributed by atoms with Crippen LogP contribution in [0.25, 0.3) is 0 Å². The lowest BCUT2D eigenvalue weighted by atomic mass is 10.0. The molecule has 3 unspecified atom stereocenters. The van der Waals surface area contributed by atoms with Crippen LogP contribution < -0.4 is 0 Å². The lowest BCUT2D eigenvalue weighted by molar-refractivity contribution is -0.143. The molecular weight excluding hydrogens is 172 g/mol. The van der Waals surface area contributed by atoms with E-state index >= 15 is 0 Å². The van der Waals surface area contributed by atoms with Crippen molar-refractivity contribution < 1.29 is 19.4 Å². The maximum Gasteiger partial charge on any atom is 0.309 e. The van der Waals surface area contributed by atoms with Gasteiger partial charge in [-0.2, -0.15) is 0 Å². The van der Waals surface area contributed by atoms with Gasteiger partial charge in [-0.15, -0.1) is 0 Å². The standard InChI is InChI=1S/C9H16O4/c1-3-12-5-7-4-8(9(10)11)6(2)13-7/h6-8H,3-5H2,1-2H3,(H,10,11). The molecule has 4 heteroatoms. The van der Waals surface area contributed by atoms with Gasteiger partial charge >= 0.3 is 5.97 Å². The van der Waals surface area contributed by atoms with Gasteiger partial charge in [0.1, 0.15) is 0 Å². The van der Waals surface area contributed by atoms with E-state index in [1.54, 1.807) is 6.92 Å². The zero-order chi connectivity index (χ0) is 9.84. The monoisotopic (exact) mass is 188 g/mol. The van der Waals surface area contributed by atoms with Crippen molar-refractivity contribution in [2.24, 2.45) is 5.92 Å². The first-order valence-corrected chi connectivity index (χ1v) is 4.61. The van der Waals surface area contributed by atoms with Crippen molar-refractivity contribution in [1.82, 2.24) is 0 Å². The van der Waals surface area contributed by atoms with Crippen LogP contribution in [-0.4, -0.2) is 36.5 Å². The first kappa shape index (κ1) is 10.5. The highest BCUT2D eigenvalue weighted by Crippen LogP contribution is 2.26. The molecule has 13 heavy (non-hydrogen) atoms. The highest BCUT2D eigenvalue weighted by molar-refractivity contribution is 5.71. The van der Waals surface area contributed by atoms with Gasteiger partial charge in [0, 0.05) is 6.61 Å². The van der Waals surface area contributed by atoms with Gasteiger partial charge in [0.2, 0.25) is 0 Å². The Bertz CT molecular complexity index is 180. The second-order valence-corrected chi connectivity index (χ2v) is 3.30. The highest BCUT2D eigenvalue weighted by Gasteiger charge is 2.36. The molecule has 1 heterocycles. The second-order valence-electron chi connectivity index (χ2n) is 3.30. The average molecular weight is 188 g/mol. The number of rotatable bonds is 4. The number of hydrogen-bond acceptors (Lipinski definition) is 3. The summed E-state index contributed by atoms with van der Waals surface area (Å²) in [4.78, 5) is 10.7. The van der Waals surface area contributed by atoms with Crippen molar-refractivity contribution >= 4 is 5.97 Å². The van der Waals surface area contributed by atoms with Gasteiger partial charge in [-0.05, 0) is 20.3 Å². The Labute approximate surface area is 77.8 Å². The van der Waals surface area contributed by atoms with Crippen molar-refractivity contribution in [3.05, 3.63) is 0 Å². The normalized spacial score (nSPS) is 33.5. The van der Waals surface area contributed by atoms with Crippen LogP contribution in [0.15, 0.2) is 0 Å². The van der Waals surface area contributed by atoms with E-state index in [2.05, 4.69) is 0 Å². The Morgan fingerprint density at radius 1 is 1.69 bits per heavy atom. The summed E-state index contributed by atoms with van der Waals surface area (Å²) in [5.74, 6) is -1.14. The quantitative estimate of drug-likeness (QED) is 0.712. The molecule has 76 valence electrons. The minimum absolute atomic E-state index is 0.0453. The summed E-state index contributed by atoms with van der Waals surface area (Å²) in [7, 11) is 0. The van der Waals surface area contributed by atoms with Crippen LogP contribution in [0, 0.1) is 5.92 Å². The van der Waals surface area contributed by atoms with Crippen LogP contribution >= 0.6 is 0 Å². The number of aliphatic carboxylic acids is 1. The predicted octanol–water partition coefficient (Wildman–Crippen LogP) is 0.901. The molecular formula is C9H16O4. The Morgan fingerprint density at radius 3 is 2.85 bits per heavy atom. The van der Waals surface area contributed by atoms with Crippen LogP contribution in [0.3, 0.4) is 0 Å². The van der Waals surface area contributed by atoms with Crippen molar-refractivity contribution in [3.8, 4) is 0 Å². The van der Waals surface area contributed by atoms with E-state index in [1.807, 2.05) is 6.92 Å². The minimum atomic E-state index is -0.772. The van der Waals surface area contributed by atoms with Gasteiger partial charge in [0.15, 0.2) is 0 Å². The number of carboxylic acids is 1. The topological polar surface area (TPSA) is 55.8 Å². The molecule has 0 aliphatic carbocycles. The first-order valence-electron chi connectivity index (χ1n) is 4.61. The summed E-state index contributed by atoms with van der Waals surface area (Å²) >= 11 is 0. The zero-order valence-electron chi connectivity index (χ0n) is 8.03. The molecule has 1 aliphatic heterocycles. The first-order chi connectivity index (χ1) is 6.15. The molecule has 1 rings (SSSR count). The Morgan fingerprint density at radius 2 is 2.38 bits per heavy atom. The molecule has 1 fully saturated rings. The molecule has 3 atom stereocenters. The van der Waals surface area contributed by atoms with Crippen molar-refractivity contribution in [2.45, 2.75) is 32.5 Å². The Balaban J connectivity index is 2.36. The number of hydrogen-bond donors (Lipinski definition) is 1. The number of carbonyl (C=O) groups is 1. The van der Waals surface area contributed by atoms with Crippen molar-refractivity contribution in [2.75, 3.05) is 13.2 Å².